The van der Waals surface area contributed by atoms with E-state index in [0.717, 1.165) is 19.6 Å². The third-order valence-electron chi connectivity index (χ3n) is 4.75. The Bertz CT molecular complexity index is 330. The highest BCUT2D eigenvalue weighted by molar-refractivity contribution is 5.81. The number of likely N-dealkylation sites (N-methyl/N-ethyl adjacent to an activating group) is 1. The number of ether oxygens (including phenoxy) is 1. The van der Waals surface area contributed by atoms with Gasteiger partial charge in [-0.3, -0.25) is 4.79 Å². The molecule has 4 nitrogen and oxygen atoms in total. The molecule has 1 saturated heterocycles. The van der Waals surface area contributed by atoms with Crippen molar-refractivity contribution in [2.45, 2.75) is 52.3 Å². The lowest BCUT2D eigenvalue weighted by Gasteiger charge is -2.55. The van der Waals surface area contributed by atoms with Gasteiger partial charge in [0.25, 0.3) is 0 Å². The molecular weight excluding hydrogens is 228 g/mol. The Morgan fingerprint density at radius 3 is 2.83 bits per heavy atom. The summed E-state index contributed by atoms with van der Waals surface area (Å²) in [5.41, 5.74) is 0.139. The van der Waals surface area contributed by atoms with E-state index < -0.39 is 0 Å². The Balaban J connectivity index is 1.95. The Morgan fingerprint density at radius 1 is 1.56 bits per heavy atom. The molecule has 0 bridgehead atoms. The molecule has 1 amide bonds. The van der Waals surface area contributed by atoms with Gasteiger partial charge in [0.1, 0.15) is 0 Å². The molecule has 18 heavy (non-hydrogen) atoms. The summed E-state index contributed by atoms with van der Waals surface area (Å²) in [5.74, 6) is 0.762. The molecule has 1 saturated carbocycles. The zero-order chi connectivity index (χ0) is 13.5. The van der Waals surface area contributed by atoms with Gasteiger partial charge in [-0.15, -0.1) is 0 Å². The van der Waals surface area contributed by atoms with Gasteiger partial charge in [0.2, 0.25) is 5.91 Å². The maximum atomic E-state index is 12.1. The van der Waals surface area contributed by atoms with Crippen molar-refractivity contribution in [2.75, 3.05) is 20.2 Å². The van der Waals surface area contributed by atoms with Crippen molar-refractivity contribution in [2.24, 2.45) is 11.3 Å². The lowest BCUT2D eigenvalue weighted by atomic mass is 9.57. The highest BCUT2D eigenvalue weighted by Gasteiger charge is 2.59. The number of fused-ring (bicyclic) bond motifs is 1. The second kappa shape index (κ2) is 4.82. The van der Waals surface area contributed by atoms with E-state index in [1.54, 1.807) is 4.90 Å². The topological polar surface area (TPSA) is 41.6 Å². The Kier molecular flexibility index (Phi) is 3.70. The molecule has 4 unspecified atom stereocenters. The van der Waals surface area contributed by atoms with Gasteiger partial charge in [-0.2, -0.15) is 0 Å². The van der Waals surface area contributed by atoms with Crippen LogP contribution in [0.15, 0.2) is 0 Å². The van der Waals surface area contributed by atoms with E-state index in [9.17, 15) is 4.79 Å². The molecule has 4 heteroatoms. The van der Waals surface area contributed by atoms with E-state index in [0.29, 0.717) is 18.1 Å². The molecule has 0 aromatic rings. The number of nitrogens with one attached hydrogen (secondary N) is 1. The normalized spacial score (nSPS) is 34.6. The molecule has 0 aromatic carbocycles. The molecule has 2 fully saturated rings. The van der Waals surface area contributed by atoms with Gasteiger partial charge >= 0.3 is 0 Å². The van der Waals surface area contributed by atoms with E-state index >= 15 is 0 Å². The molecular formula is C14H26N2O2. The summed E-state index contributed by atoms with van der Waals surface area (Å²) in [7, 11) is 1.86. The van der Waals surface area contributed by atoms with E-state index in [4.69, 9.17) is 4.74 Å². The van der Waals surface area contributed by atoms with Crippen molar-refractivity contribution in [3.8, 4) is 0 Å². The molecule has 0 spiro atoms. The fourth-order valence-corrected chi connectivity index (χ4v) is 3.49. The van der Waals surface area contributed by atoms with Gasteiger partial charge in [-0.25, -0.2) is 0 Å². The molecule has 0 aromatic heterocycles. The second-order valence-corrected chi connectivity index (χ2v) is 6.28. The van der Waals surface area contributed by atoms with Gasteiger partial charge in [-0.05, 0) is 20.3 Å². The molecule has 104 valence electrons. The van der Waals surface area contributed by atoms with Crippen molar-refractivity contribution in [3.63, 3.8) is 0 Å². The largest absolute Gasteiger partial charge is 0.377 e. The first kappa shape index (κ1) is 13.8. The van der Waals surface area contributed by atoms with E-state index in [1.165, 1.54) is 0 Å². The fraction of sp³-hybridized carbons (Fsp3) is 0.929. The highest BCUT2D eigenvalue weighted by atomic mass is 16.5. The van der Waals surface area contributed by atoms with Crippen LogP contribution in [0.3, 0.4) is 0 Å². The number of carbonyl (C=O) groups excluding carboxylic acids is 1. The van der Waals surface area contributed by atoms with Crippen LogP contribution in [-0.2, 0) is 9.53 Å². The molecule has 2 aliphatic rings. The first-order valence-corrected chi connectivity index (χ1v) is 7.02. The monoisotopic (exact) mass is 254 g/mol. The van der Waals surface area contributed by atoms with Gasteiger partial charge < -0.3 is 15.0 Å². The van der Waals surface area contributed by atoms with Crippen LogP contribution >= 0.6 is 0 Å². The molecule has 2 rings (SSSR count). The predicted molar refractivity (Wildman–Crippen MR) is 71.3 cm³/mol. The third-order valence-corrected chi connectivity index (χ3v) is 4.75. The standard InChI is InChI=1S/C14H26N2O2/c1-6-16(5)13(17)9(2)15-11-10-7-8-18-12(10)14(11,3)4/h9-12,15H,6-8H2,1-5H3. The average molecular weight is 254 g/mol. The van der Waals surface area contributed by atoms with Crippen molar-refractivity contribution in [1.82, 2.24) is 10.2 Å². The lowest BCUT2D eigenvalue weighted by Crippen LogP contribution is -2.68. The minimum absolute atomic E-state index is 0.110. The molecule has 1 aliphatic heterocycles. The summed E-state index contributed by atoms with van der Waals surface area (Å²) in [6.07, 6.45) is 1.50. The fourth-order valence-electron chi connectivity index (χ4n) is 3.49. The first-order valence-electron chi connectivity index (χ1n) is 7.02. The van der Waals surface area contributed by atoms with E-state index in [-0.39, 0.29) is 17.4 Å². The number of amides is 1. The van der Waals surface area contributed by atoms with Gasteiger partial charge in [-0.1, -0.05) is 13.8 Å². The zero-order valence-corrected chi connectivity index (χ0v) is 12.2. The van der Waals surface area contributed by atoms with E-state index in [2.05, 4.69) is 19.2 Å². The minimum Gasteiger partial charge on any atom is -0.377 e. The Morgan fingerprint density at radius 2 is 2.22 bits per heavy atom. The quantitative estimate of drug-likeness (QED) is 0.821. The Hall–Kier alpha value is -0.610. The smallest absolute Gasteiger partial charge is 0.239 e. The van der Waals surface area contributed by atoms with Gasteiger partial charge in [0.05, 0.1) is 12.1 Å². The molecule has 0 radical (unpaired) electrons. The van der Waals surface area contributed by atoms with Crippen LogP contribution in [0.25, 0.3) is 0 Å². The van der Waals surface area contributed by atoms with Crippen LogP contribution < -0.4 is 5.32 Å². The summed E-state index contributed by atoms with van der Waals surface area (Å²) in [6, 6.07) is 0.287. The summed E-state index contributed by atoms with van der Waals surface area (Å²) in [6.45, 7) is 10.1. The van der Waals surface area contributed by atoms with Gasteiger partial charge in [0.15, 0.2) is 0 Å². The van der Waals surface area contributed by atoms with Crippen molar-refractivity contribution in [1.29, 1.82) is 0 Å². The molecule has 1 aliphatic carbocycles. The third kappa shape index (κ3) is 2.05. The second-order valence-electron chi connectivity index (χ2n) is 6.28. The van der Waals surface area contributed by atoms with E-state index in [1.807, 2.05) is 20.9 Å². The SMILES string of the molecule is CCN(C)C(=O)C(C)NC1C2CCOC2C1(C)C. The zero-order valence-electron chi connectivity index (χ0n) is 12.2. The maximum Gasteiger partial charge on any atom is 0.239 e. The summed E-state index contributed by atoms with van der Waals surface area (Å²) in [4.78, 5) is 13.9. The van der Waals surface area contributed by atoms with Crippen LogP contribution in [-0.4, -0.2) is 49.2 Å². The average Bonchev–Trinajstić information content (AvgIpc) is 2.80. The minimum atomic E-state index is -0.110. The number of nitrogens with zero attached hydrogens (tertiary/aromatic N) is 1. The summed E-state index contributed by atoms with van der Waals surface area (Å²) in [5, 5.41) is 3.52. The number of hydrogen-bond acceptors (Lipinski definition) is 3. The van der Waals surface area contributed by atoms with Crippen LogP contribution in [0.5, 0.6) is 0 Å². The predicted octanol–water partition coefficient (Wildman–Crippen LogP) is 1.26. The van der Waals surface area contributed by atoms with Crippen LogP contribution in [0.1, 0.15) is 34.1 Å². The Labute approximate surface area is 110 Å². The first-order chi connectivity index (χ1) is 8.39. The molecule has 4 atom stereocenters. The van der Waals surface area contributed by atoms with Crippen molar-refractivity contribution >= 4 is 5.91 Å². The number of rotatable bonds is 4. The number of hydrogen-bond donors (Lipinski definition) is 1. The number of carbonyl (C=O) groups is 1. The van der Waals surface area contributed by atoms with Crippen molar-refractivity contribution in [3.05, 3.63) is 0 Å². The van der Waals surface area contributed by atoms with Crippen LogP contribution in [0.4, 0.5) is 0 Å². The lowest BCUT2D eigenvalue weighted by molar-refractivity contribution is -0.137. The molecule has 1 heterocycles. The van der Waals surface area contributed by atoms with Gasteiger partial charge in [0, 0.05) is 37.6 Å². The van der Waals surface area contributed by atoms with Crippen LogP contribution in [0, 0.1) is 11.3 Å². The summed E-state index contributed by atoms with van der Waals surface area (Å²) < 4.78 is 5.77. The summed E-state index contributed by atoms with van der Waals surface area (Å²) >= 11 is 0. The van der Waals surface area contributed by atoms with Crippen molar-refractivity contribution < 1.29 is 9.53 Å². The highest BCUT2D eigenvalue weighted by Crippen LogP contribution is 2.52. The van der Waals surface area contributed by atoms with Crippen LogP contribution in [0.2, 0.25) is 0 Å². The maximum absolute atomic E-state index is 12.1. The molecule has 1 N–H and O–H groups in total.